The zero-order valence-corrected chi connectivity index (χ0v) is 16.5. The Labute approximate surface area is 162 Å². The van der Waals surface area contributed by atoms with Gasteiger partial charge in [0, 0.05) is 26.7 Å². The molecule has 6 heteroatoms. The second-order valence-corrected chi connectivity index (χ2v) is 7.23. The Balaban J connectivity index is 1.24. The Morgan fingerprint density at radius 2 is 1.93 bits per heavy atom. The van der Waals surface area contributed by atoms with Crippen LogP contribution in [0.3, 0.4) is 0 Å². The van der Waals surface area contributed by atoms with Crippen LogP contribution in [0.2, 0.25) is 0 Å². The number of unbranched alkanes of at least 4 members (excludes halogenated alkanes) is 2. The summed E-state index contributed by atoms with van der Waals surface area (Å²) >= 11 is 0. The first-order chi connectivity index (χ1) is 13.3. The number of aliphatic imine (C=N–C) groups is 1. The van der Waals surface area contributed by atoms with Gasteiger partial charge < -0.3 is 24.8 Å². The zero-order valence-electron chi connectivity index (χ0n) is 16.5. The minimum Gasteiger partial charge on any atom is -0.454 e. The summed E-state index contributed by atoms with van der Waals surface area (Å²) in [6, 6.07) is 6.00. The average molecular weight is 376 g/mol. The molecular formula is C21H33N3O3. The molecule has 2 N–H and O–H groups in total. The summed E-state index contributed by atoms with van der Waals surface area (Å²) in [7, 11) is 1.80. The summed E-state index contributed by atoms with van der Waals surface area (Å²) in [5, 5.41) is 6.71. The van der Waals surface area contributed by atoms with Crippen molar-refractivity contribution in [2.24, 2.45) is 4.99 Å². The lowest BCUT2D eigenvalue weighted by Crippen LogP contribution is -2.37. The lowest BCUT2D eigenvalue weighted by molar-refractivity contribution is 0.0264. The van der Waals surface area contributed by atoms with Gasteiger partial charge in [0.1, 0.15) is 0 Å². The maximum Gasteiger partial charge on any atom is 0.231 e. The van der Waals surface area contributed by atoms with Gasteiger partial charge in [0.05, 0.1) is 6.10 Å². The van der Waals surface area contributed by atoms with Crippen LogP contribution in [0.1, 0.15) is 56.9 Å². The third kappa shape index (κ3) is 6.61. The van der Waals surface area contributed by atoms with Gasteiger partial charge in [-0.15, -0.1) is 0 Å². The SMILES string of the molecule is CN=C(NCCCCCOC1CCCCC1)NCc1ccc2c(c1)OCO2. The summed E-state index contributed by atoms with van der Waals surface area (Å²) in [6.07, 6.45) is 10.5. The van der Waals surface area contributed by atoms with Crippen molar-refractivity contribution >= 4 is 5.96 Å². The zero-order chi connectivity index (χ0) is 18.7. The van der Waals surface area contributed by atoms with E-state index in [0.717, 1.165) is 49.0 Å². The Hall–Kier alpha value is -1.95. The molecule has 0 radical (unpaired) electrons. The van der Waals surface area contributed by atoms with Crippen molar-refractivity contribution in [3.8, 4) is 11.5 Å². The normalized spacial score (nSPS) is 17.1. The summed E-state index contributed by atoms with van der Waals surface area (Å²) in [5.41, 5.74) is 1.14. The maximum absolute atomic E-state index is 5.98. The molecule has 6 nitrogen and oxygen atoms in total. The largest absolute Gasteiger partial charge is 0.454 e. The summed E-state index contributed by atoms with van der Waals surface area (Å²) in [4.78, 5) is 4.28. The van der Waals surface area contributed by atoms with Crippen LogP contribution in [-0.4, -0.2) is 39.1 Å². The summed E-state index contributed by atoms with van der Waals surface area (Å²) in [5.74, 6) is 2.45. The number of guanidine groups is 1. The number of ether oxygens (including phenoxy) is 3. The predicted octanol–water partition coefficient (Wildman–Crippen LogP) is 3.60. The van der Waals surface area contributed by atoms with Crippen molar-refractivity contribution in [3.63, 3.8) is 0 Å². The third-order valence-electron chi connectivity index (χ3n) is 5.14. The molecule has 1 aromatic carbocycles. The highest BCUT2D eigenvalue weighted by atomic mass is 16.7. The quantitative estimate of drug-likeness (QED) is 0.392. The molecule has 0 aromatic heterocycles. The summed E-state index contributed by atoms with van der Waals surface area (Å²) < 4.78 is 16.7. The number of benzene rings is 1. The molecule has 0 amide bonds. The van der Waals surface area contributed by atoms with Crippen molar-refractivity contribution in [1.29, 1.82) is 0 Å². The molecule has 0 bridgehead atoms. The molecule has 150 valence electrons. The van der Waals surface area contributed by atoms with E-state index >= 15 is 0 Å². The van der Waals surface area contributed by atoms with E-state index in [-0.39, 0.29) is 0 Å². The molecular weight excluding hydrogens is 342 g/mol. The molecule has 3 rings (SSSR count). The molecule has 0 spiro atoms. The first kappa shape index (κ1) is 19.8. The van der Waals surface area contributed by atoms with Crippen molar-refractivity contribution in [2.45, 2.75) is 64.0 Å². The Kier molecular flexibility index (Phi) is 8.08. The van der Waals surface area contributed by atoms with Crippen molar-refractivity contribution in [3.05, 3.63) is 23.8 Å². The minimum atomic E-state index is 0.307. The van der Waals surface area contributed by atoms with Crippen LogP contribution < -0.4 is 20.1 Å². The molecule has 0 saturated heterocycles. The molecule has 1 aliphatic heterocycles. The third-order valence-corrected chi connectivity index (χ3v) is 5.14. The van der Waals surface area contributed by atoms with Crippen LogP contribution in [0.15, 0.2) is 23.2 Å². The van der Waals surface area contributed by atoms with Gasteiger partial charge in [0.15, 0.2) is 17.5 Å². The number of fused-ring (bicyclic) bond motifs is 1. The Morgan fingerprint density at radius 1 is 1.07 bits per heavy atom. The van der Waals surface area contributed by atoms with Gasteiger partial charge in [-0.3, -0.25) is 4.99 Å². The van der Waals surface area contributed by atoms with Gasteiger partial charge in [-0.05, 0) is 49.8 Å². The number of nitrogens with one attached hydrogen (secondary N) is 2. The molecule has 1 aliphatic carbocycles. The standard InChI is InChI=1S/C21H33N3O3/c1-22-21(24-15-17-10-11-19-20(14-17)27-16-26-19)23-12-6-3-7-13-25-18-8-4-2-5-9-18/h10-11,14,18H,2-9,12-13,15-16H2,1H3,(H2,22,23,24). The van der Waals surface area contributed by atoms with Gasteiger partial charge in [-0.25, -0.2) is 0 Å². The lowest BCUT2D eigenvalue weighted by Gasteiger charge is -2.21. The molecule has 27 heavy (non-hydrogen) atoms. The summed E-state index contributed by atoms with van der Waals surface area (Å²) in [6.45, 7) is 2.83. The highest BCUT2D eigenvalue weighted by Crippen LogP contribution is 2.32. The molecule has 1 aromatic rings. The van der Waals surface area contributed by atoms with E-state index in [1.807, 2.05) is 18.2 Å². The van der Waals surface area contributed by atoms with Crippen LogP contribution in [0, 0.1) is 0 Å². The fourth-order valence-corrected chi connectivity index (χ4v) is 3.55. The number of nitrogens with zero attached hydrogens (tertiary/aromatic N) is 1. The highest BCUT2D eigenvalue weighted by Gasteiger charge is 2.14. The van der Waals surface area contributed by atoms with Gasteiger partial charge in [0.25, 0.3) is 0 Å². The van der Waals surface area contributed by atoms with Crippen LogP contribution in [0.5, 0.6) is 11.5 Å². The van der Waals surface area contributed by atoms with E-state index in [9.17, 15) is 0 Å². The Morgan fingerprint density at radius 3 is 2.78 bits per heavy atom. The van der Waals surface area contributed by atoms with E-state index in [0.29, 0.717) is 19.4 Å². The number of hydrogen-bond donors (Lipinski definition) is 2. The fourth-order valence-electron chi connectivity index (χ4n) is 3.55. The fraction of sp³-hybridized carbons (Fsp3) is 0.667. The predicted molar refractivity (Wildman–Crippen MR) is 107 cm³/mol. The lowest BCUT2D eigenvalue weighted by atomic mass is 9.98. The second-order valence-electron chi connectivity index (χ2n) is 7.23. The van der Waals surface area contributed by atoms with E-state index in [1.165, 1.54) is 38.5 Å². The van der Waals surface area contributed by atoms with Crippen LogP contribution in [-0.2, 0) is 11.3 Å². The molecule has 0 atom stereocenters. The monoisotopic (exact) mass is 375 g/mol. The molecule has 1 heterocycles. The van der Waals surface area contributed by atoms with Gasteiger partial charge in [-0.1, -0.05) is 25.3 Å². The molecule has 1 fully saturated rings. The van der Waals surface area contributed by atoms with E-state index < -0.39 is 0 Å². The Bertz CT molecular complexity index is 600. The van der Waals surface area contributed by atoms with Crippen LogP contribution in [0.4, 0.5) is 0 Å². The van der Waals surface area contributed by atoms with Gasteiger partial charge in [0.2, 0.25) is 6.79 Å². The van der Waals surface area contributed by atoms with Gasteiger partial charge >= 0.3 is 0 Å². The van der Waals surface area contributed by atoms with E-state index in [4.69, 9.17) is 14.2 Å². The first-order valence-corrected chi connectivity index (χ1v) is 10.3. The highest BCUT2D eigenvalue weighted by molar-refractivity contribution is 5.79. The van der Waals surface area contributed by atoms with E-state index in [2.05, 4.69) is 15.6 Å². The number of hydrogen-bond acceptors (Lipinski definition) is 4. The van der Waals surface area contributed by atoms with Crippen molar-refractivity contribution in [2.75, 3.05) is 27.0 Å². The minimum absolute atomic E-state index is 0.307. The maximum atomic E-state index is 5.98. The van der Waals surface area contributed by atoms with E-state index in [1.54, 1.807) is 7.05 Å². The first-order valence-electron chi connectivity index (χ1n) is 10.3. The smallest absolute Gasteiger partial charge is 0.231 e. The second kappa shape index (κ2) is 11.0. The van der Waals surface area contributed by atoms with Crippen molar-refractivity contribution < 1.29 is 14.2 Å². The molecule has 1 saturated carbocycles. The topological polar surface area (TPSA) is 64.1 Å². The molecule has 0 unspecified atom stereocenters. The van der Waals surface area contributed by atoms with Crippen LogP contribution in [0.25, 0.3) is 0 Å². The van der Waals surface area contributed by atoms with Crippen LogP contribution >= 0.6 is 0 Å². The van der Waals surface area contributed by atoms with Gasteiger partial charge in [-0.2, -0.15) is 0 Å². The van der Waals surface area contributed by atoms with Crippen molar-refractivity contribution in [1.82, 2.24) is 10.6 Å². The number of rotatable bonds is 9. The molecule has 2 aliphatic rings. The average Bonchev–Trinajstić information content (AvgIpc) is 3.18.